The van der Waals surface area contributed by atoms with Gasteiger partial charge < -0.3 is 0 Å². The van der Waals surface area contributed by atoms with Crippen molar-refractivity contribution in [1.29, 1.82) is 0 Å². The molecule has 13 heavy (non-hydrogen) atoms. The fourth-order valence-electron chi connectivity index (χ4n) is 0.917. The normalized spacial score (nSPS) is 11.9. The first-order valence-electron chi connectivity index (χ1n) is 4.04. The monoisotopic (exact) mass is 234 g/mol. The van der Waals surface area contributed by atoms with E-state index in [2.05, 4.69) is 40.7 Å². The second-order valence-corrected chi connectivity index (χ2v) is 3.45. The zero-order valence-electron chi connectivity index (χ0n) is 7.28. The Bertz CT molecular complexity index is 320. The lowest BCUT2D eigenvalue weighted by Gasteiger charge is -1.92. The Hall–Kier alpha value is -1.08. The second kappa shape index (κ2) is 5.55. The van der Waals surface area contributed by atoms with E-state index in [1.165, 1.54) is 5.56 Å². The first kappa shape index (κ1) is 10.0. The summed E-state index contributed by atoms with van der Waals surface area (Å²) >= 11 is 3.44. The minimum absolute atomic E-state index is 1.04. The molecule has 0 radical (unpaired) electrons. The number of hydrogen-bond donors (Lipinski definition) is 0. The first-order valence-corrected chi connectivity index (χ1v) is 4.83. The van der Waals surface area contributed by atoms with Crippen LogP contribution in [0.2, 0.25) is 0 Å². The molecule has 0 aromatic heterocycles. The van der Waals surface area contributed by atoms with Crippen molar-refractivity contribution in [2.24, 2.45) is 0 Å². The molecule has 0 unspecified atom stereocenters. The average molecular weight is 235 g/mol. The van der Waals surface area contributed by atoms with Gasteiger partial charge in [0.15, 0.2) is 0 Å². The van der Waals surface area contributed by atoms with Crippen LogP contribution in [0.15, 0.2) is 59.6 Å². The molecule has 0 N–H and O–H groups in total. The molecule has 0 saturated heterocycles. The predicted octanol–water partition coefficient (Wildman–Crippen LogP) is 4.16. The highest BCUT2D eigenvalue weighted by atomic mass is 79.9. The molecule has 0 aliphatic carbocycles. The lowest BCUT2D eigenvalue weighted by Crippen LogP contribution is -1.69. The molecule has 0 bridgehead atoms. The van der Waals surface area contributed by atoms with E-state index in [4.69, 9.17) is 0 Å². The largest absolute Gasteiger partial charge is 0.0991 e. The van der Waals surface area contributed by atoms with Crippen LogP contribution in [0, 0.1) is 0 Å². The molecule has 0 atom stereocenters. The maximum absolute atomic E-state index is 3.60. The van der Waals surface area contributed by atoms with Crippen molar-refractivity contribution in [3.05, 3.63) is 65.2 Å². The van der Waals surface area contributed by atoms with Gasteiger partial charge in [0.2, 0.25) is 0 Å². The molecule has 1 heteroatoms. The molecule has 0 spiro atoms. The van der Waals surface area contributed by atoms with Gasteiger partial charge in [-0.1, -0.05) is 65.0 Å². The Balaban J connectivity index is 2.76. The summed E-state index contributed by atoms with van der Waals surface area (Å²) in [6.07, 6.45) is 7.66. The van der Waals surface area contributed by atoms with Crippen LogP contribution in [0.3, 0.4) is 0 Å². The number of rotatable bonds is 3. The van der Waals surface area contributed by atoms with Gasteiger partial charge in [0.1, 0.15) is 0 Å². The summed E-state index contributed by atoms with van der Waals surface area (Å²) in [7, 11) is 0. The maximum atomic E-state index is 3.60. The van der Waals surface area contributed by atoms with Crippen molar-refractivity contribution in [3.63, 3.8) is 0 Å². The van der Waals surface area contributed by atoms with Crippen LogP contribution >= 0.6 is 15.9 Å². The second-order valence-electron chi connectivity index (χ2n) is 2.53. The van der Waals surface area contributed by atoms with Crippen molar-refractivity contribution in [1.82, 2.24) is 0 Å². The van der Waals surface area contributed by atoms with E-state index >= 15 is 0 Å². The highest BCUT2D eigenvalue weighted by Crippen LogP contribution is 2.12. The molecule has 0 fully saturated rings. The van der Waals surface area contributed by atoms with E-state index < -0.39 is 0 Å². The van der Waals surface area contributed by atoms with Gasteiger partial charge in [-0.05, 0) is 17.7 Å². The van der Waals surface area contributed by atoms with Crippen LogP contribution in [-0.4, -0.2) is 0 Å². The fraction of sp³-hybridized carbons (Fsp3) is 0. The third kappa shape index (κ3) is 3.90. The fourth-order valence-corrected chi connectivity index (χ4v) is 1.33. The third-order valence-corrected chi connectivity index (χ3v) is 1.99. The number of halogens is 1. The molecule has 0 saturated carbocycles. The van der Waals surface area contributed by atoms with Crippen molar-refractivity contribution in [2.75, 3.05) is 0 Å². The number of benzene rings is 1. The summed E-state index contributed by atoms with van der Waals surface area (Å²) in [5, 5.41) is 0. The van der Waals surface area contributed by atoms with Crippen LogP contribution < -0.4 is 0 Å². The Labute approximate surface area is 87.4 Å². The van der Waals surface area contributed by atoms with E-state index in [0.29, 0.717) is 0 Å². The van der Waals surface area contributed by atoms with Gasteiger partial charge in [-0.15, -0.1) is 0 Å². The molecule has 1 rings (SSSR count). The van der Waals surface area contributed by atoms with Gasteiger partial charge in [0, 0.05) is 4.48 Å². The van der Waals surface area contributed by atoms with Crippen LogP contribution in [-0.2, 0) is 0 Å². The van der Waals surface area contributed by atoms with E-state index in [0.717, 1.165) is 4.48 Å². The molecule has 0 amide bonds. The highest BCUT2D eigenvalue weighted by Gasteiger charge is 1.86. The minimum atomic E-state index is 1.04. The van der Waals surface area contributed by atoms with Gasteiger partial charge in [-0.2, -0.15) is 0 Å². The maximum Gasteiger partial charge on any atom is 0.0181 e. The smallest absolute Gasteiger partial charge is 0.0181 e. The summed E-state index contributed by atoms with van der Waals surface area (Å²) < 4.78 is 1.04. The number of hydrogen-bond acceptors (Lipinski definition) is 0. The van der Waals surface area contributed by atoms with Crippen LogP contribution in [0.1, 0.15) is 5.56 Å². The molecule has 1 aromatic rings. The lowest BCUT2D eigenvalue weighted by atomic mass is 10.2. The predicted molar refractivity (Wildman–Crippen MR) is 62.7 cm³/mol. The van der Waals surface area contributed by atoms with Crippen LogP contribution in [0.5, 0.6) is 0 Å². The molecular formula is C12H11Br. The van der Waals surface area contributed by atoms with Crippen molar-refractivity contribution < 1.29 is 0 Å². The Kier molecular flexibility index (Phi) is 4.27. The molecule has 0 aliphatic heterocycles. The van der Waals surface area contributed by atoms with Crippen molar-refractivity contribution in [2.45, 2.75) is 0 Å². The molecule has 66 valence electrons. The van der Waals surface area contributed by atoms with Crippen molar-refractivity contribution in [3.8, 4) is 0 Å². The van der Waals surface area contributed by atoms with Gasteiger partial charge in [0.25, 0.3) is 0 Å². The minimum Gasteiger partial charge on any atom is -0.0991 e. The van der Waals surface area contributed by atoms with Gasteiger partial charge in [-0.3, -0.25) is 0 Å². The first-order chi connectivity index (χ1) is 6.33. The standard InChI is InChI=1S/C12H11Br/c1-2-3-9-12(13)10-11-7-5-4-6-8-11/h2-10H,1H2. The van der Waals surface area contributed by atoms with E-state index in [9.17, 15) is 0 Å². The molecule has 0 aliphatic rings. The van der Waals surface area contributed by atoms with Gasteiger partial charge >= 0.3 is 0 Å². The summed E-state index contributed by atoms with van der Waals surface area (Å²) in [6.45, 7) is 3.60. The highest BCUT2D eigenvalue weighted by molar-refractivity contribution is 9.12. The van der Waals surface area contributed by atoms with Crippen LogP contribution in [0.25, 0.3) is 6.08 Å². The molecule has 0 nitrogen and oxygen atoms in total. The summed E-state index contributed by atoms with van der Waals surface area (Å²) in [5.74, 6) is 0. The summed E-state index contributed by atoms with van der Waals surface area (Å²) in [4.78, 5) is 0. The average Bonchev–Trinajstić information content (AvgIpc) is 2.16. The van der Waals surface area contributed by atoms with Gasteiger partial charge in [-0.25, -0.2) is 0 Å². The Morgan fingerprint density at radius 2 is 1.92 bits per heavy atom. The summed E-state index contributed by atoms with van der Waals surface area (Å²) in [6, 6.07) is 10.2. The van der Waals surface area contributed by atoms with Crippen molar-refractivity contribution >= 4 is 22.0 Å². The van der Waals surface area contributed by atoms with E-state index in [1.807, 2.05) is 30.4 Å². The zero-order chi connectivity index (χ0) is 9.52. The Morgan fingerprint density at radius 1 is 1.23 bits per heavy atom. The van der Waals surface area contributed by atoms with Gasteiger partial charge in [0.05, 0.1) is 0 Å². The molecule has 0 heterocycles. The van der Waals surface area contributed by atoms with E-state index in [1.54, 1.807) is 6.08 Å². The van der Waals surface area contributed by atoms with E-state index in [-0.39, 0.29) is 0 Å². The third-order valence-electron chi connectivity index (χ3n) is 1.50. The topological polar surface area (TPSA) is 0 Å². The quantitative estimate of drug-likeness (QED) is 0.690. The Morgan fingerprint density at radius 3 is 2.54 bits per heavy atom. The lowest BCUT2D eigenvalue weighted by molar-refractivity contribution is 1.66. The molecular weight excluding hydrogens is 224 g/mol. The zero-order valence-corrected chi connectivity index (χ0v) is 8.87. The molecule has 1 aromatic carbocycles. The SMILES string of the molecule is C=CC=CC(Br)=Cc1ccccc1. The summed E-state index contributed by atoms with van der Waals surface area (Å²) in [5.41, 5.74) is 1.18. The van der Waals surface area contributed by atoms with Crippen LogP contribution in [0.4, 0.5) is 0 Å². The number of allylic oxidation sites excluding steroid dienone is 4.